The van der Waals surface area contributed by atoms with Gasteiger partial charge in [0, 0.05) is 10.9 Å². The molecule has 6 nitrogen and oxygen atoms in total. The van der Waals surface area contributed by atoms with Gasteiger partial charge in [0.05, 0.1) is 11.4 Å². The molecule has 0 spiro atoms. The Morgan fingerprint density at radius 1 is 1.29 bits per heavy atom. The number of hydrogen-bond donors (Lipinski definition) is 1. The van der Waals surface area contributed by atoms with E-state index < -0.39 is 5.97 Å². The number of hydrogen-bond acceptors (Lipinski definition) is 5. The van der Waals surface area contributed by atoms with Gasteiger partial charge >= 0.3 is 5.97 Å². The van der Waals surface area contributed by atoms with Crippen molar-refractivity contribution in [3.05, 3.63) is 46.7 Å². The summed E-state index contributed by atoms with van der Waals surface area (Å²) in [5, 5.41) is 8.10. The van der Waals surface area contributed by atoms with Gasteiger partial charge in [-0.2, -0.15) is 5.10 Å². The van der Waals surface area contributed by atoms with Gasteiger partial charge in [0.15, 0.2) is 6.61 Å². The Morgan fingerprint density at radius 2 is 1.96 bits per heavy atom. The van der Waals surface area contributed by atoms with Crippen molar-refractivity contribution in [3.8, 4) is 5.69 Å². The molecule has 0 aliphatic rings. The van der Waals surface area contributed by atoms with Crippen LogP contribution in [0, 0.1) is 12.7 Å². The summed E-state index contributed by atoms with van der Waals surface area (Å²) < 4.78 is 20.0. The molecule has 2 heterocycles. The molecule has 0 aliphatic heterocycles. The molecule has 0 radical (unpaired) electrons. The van der Waals surface area contributed by atoms with Crippen LogP contribution in [0.3, 0.4) is 0 Å². The van der Waals surface area contributed by atoms with E-state index in [4.69, 9.17) is 4.74 Å². The van der Waals surface area contributed by atoms with Gasteiger partial charge in [-0.05, 0) is 57.5 Å². The van der Waals surface area contributed by atoms with Gasteiger partial charge in [0.25, 0.3) is 5.91 Å². The standard InChI is InChI=1S/C20H22FN3O3S/c1-5-20(3,4)22-17(25)11-27-19(26)16-10-15-12(2)23-24(18(15)28-16)14-8-6-13(21)7-9-14/h6-10H,5,11H2,1-4H3,(H,22,25). The fourth-order valence-corrected chi connectivity index (χ4v) is 3.69. The molecular weight excluding hydrogens is 381 g/mol. The molecule has 0 atom stereocenters. The lowest BCUT2D eigenvalue weighted by atomic mass is 10.0. The monoisotopic (exact) mass is 403 g/mol. The third-order valence-corrected chi connectivity index (χ3v) is 5.60. The number of halogens is 1. The van der Waals surface area contributed by atoms with E-state index in [9.17, 15) is 14.0 Å². The largest absolute Gasteiger partial charge is 0.451 e. The molecule has 148 valence electrons. The lowest BCUT2D eigenvalue weighted by Gasteiger charge is -2.24. The second kappa shape index (κ2) is 7.71. The summed E-state index contributed by atoms with van der Waals surface area (Å²) in [6.45, 7) is 7.28. The van der Waals surface area contributed by atoms with E-state index in [0.29, 0.717) is 10.6 Å². The molecule has 8 heteroatoms. The summed E-state index contributed by atoms with van der Waals surface area (Å²) in [4.78, 5) is 25.5. The summed E-state index contributed by atoms with van der Waals surface area (Å²) in [7, 11) is 0. The van der Waals surface area contributed by atoms with Crippen molar-refractivity contribution >= 4 is 33.4 Å². The highest BCUT2D eigenvalue weighted by molar-refractivity contribution is 7.20. The van der Waals surface area contributed by atoms with E-state index in [0.717, 1.165) is 22.3 Å². The number of aryl methyl sites for hydroxylation is 1. The lowest BCUT2D eigenvalue weighted by molar-refractivity contribution is -0.125. The number of nitrogens with zero attached hydrogens (tertiary/aromatic N) is 2. The van der Waals surface area contributed by atoms with Gasteiger partial charge in [-0.15, -0.1) is 11.3 Å². The minimum absolute atomic E-state index is 0.330. The van der Waals surface area contributed by atoms with E-state index in [1.807, 2.05) is 27.7 Å². The second-order valence-corrected chi connectivity index (χ2v) is 8.20. The highest BCUT2D eigenvalue weighted by atomic mass is 32.1. The van der Waals surface area contributed by atoms with Crippen LogP contribution >= 0.6 is 11.3 Å². The van der Waals surface area contributed by atoms with Gasteiger partial charge < -0.3 is 10.1 Å². The van der Waals surface area contributed by atoms with Crippen LogP contribution in [0.5, 0.6) is 0 Å². The average Bonchev–Trinajstić information content (AvgIpc) is 3.21. The zero-order valence-electron chi connectivity index (χ0n) is 16.2. The summed E-state index contributed by atoms with van der Waals surface area (Å²) >= 11 is 1.22. The second-order valence-electron chi connectivity index (χ2n) is 7.16. The Morgan fingerprint density at radius 3 is 2.61 bits per heavy atom. The van der Waals surface area contributed by atoms with Crippen LogP contribution in [0.1, 0.15) is 42.6 Å². The van der Waals surface area contributed by atoms with Gasteiger partial charge in [-0.3, -0.25) is 4.79 Å². The Kier molecular flexibility index (Phi) is 5.51. The van der Waals surface area contributed by atoms with Gasteiger partial charge in [0.1, 0.15) is 15.5 Å². The molecule has 3 aromatic rings. The number of ether oxygens (including phenoxy) is 1. The molecule has 1 aromatic carbocycles. The van der Waals surface area contributed by atoms with Gasteiger partial charge in [-0.1, -0.05) is 6.92 Å². The number of thiophene rings is 1. The molecular formula is C20H22FN3O3S. The number of carbonyl (C=O) groups is 2. The van der Waals surface area contributed by atoms with Gasteiger partial charge in [0.2, 0.25) is 0 Å². The van der Waals surface area contributed by atoms with Gasteiger partial charge in [-0.25, -0.2) is 13.9 Å². The minimum atomic E-state index is -0.560. The molecule has 0 bridgehead atoms. The van der Waals surface area contributed by atoms with Crippen molar-refractivity contribution in [3.63, 3.8) is 0 Å². The zero-order chi connectivity index (χ0) is 20.5. The molecule has 3 rings (SSSR count). The first kappa shape index (κ1) is 20.0. The number of amides is 1. The maximum absolute atomic E-state index is 13.2. The Hall–Kier alpha value is -2.74. The SMILES string of the molecule is CCC(C)(C)NC(=O)COC(=O)c1cc2c(C)nn(-c3ccc(F)cc3)c2s1. The molecule has 28 heavy (non-hydrogen) atoms. The first-order valence-corrected chi connectivity index (χ1v) is 9.75. The Labute approximate surface area is 166 Å². The first-order chi connectivity index (χ1) is 13.2. The third-order valence-electron chi connectivity index (χ3n) is 4.51. The third kappa shape index (κ3) is 4.22. The van der Waals surface area contributed by atoms with E-state index in [1.54, 1.807) is 22.9 Å². The van der Waals surface area contributed by atoms with Crippen LogP contribution in [-0.2, 0) is 9.53 Å². The maximum Gasteiger partial charge on any atom is 0.348 e. The fourth-order valence-electron chi connectivity index (χ4n) is 2.61. The minimum Gasteiger partial charge on any atom is -0.451 e. The zero-order valence-corrected chi connectivity index (χ0v) is 17.0. The number of rotatable bonds is 6. The molecule has 1 amide bonds. The number of fused-ring (bicyclic) bond motifs is 1. The molecule has 0 aliphatic carbocycles. The molecule has 1 N–H and O–H groups in total. The first-order valence-electron chi connectivity index (χ1n) is 8.93. The maximum atomic E-state index is 13.2. The van der Waals surface area contributed by atoms with Crippen LogP contribution < -0.4 is 5.32 Å². The Balaban J connectivity index is 1.77. The van der Waals surface area contributed by atoms with Crippen molar-refractivity contribution in [2.45, 2.75) is 39.7 Å². The van der Waals surface area contributed by atoms with Crippen LogP contribution in [0.25, 0.3) is 15.9 Å². The smallest absolute Gasteiger partial charge is 0.348 e. The van der Waals surface area contributed by atoms with E-state index in [2.05, 4.69) is 10.4 Å². The molecule has 0 saturated carbocycles. The number of carbonyl (C=O) groups excluding carboxylic acids is 2. The van der Waals surface area contributed by atoms with E-state index in [1.165, 1.54) is 23.5 Å². The van der Waals surface area contributed by atoms with Crippen LogP contribution in [0.4, 0.5) is 4.39 Å². The summed E-state index contributed by atoms with van der Waals surface area (Å²) in [6, 6.07) is 7.67. The average molecular weight is 403 g/mol. The van der Waals surface area contributed by atoms with Crippen molar-refractivity contribution in [2.24, 2.45) is 0 Å². The summed E-state index contributed by atoms with van der Waals surface area (Å²) in [5.41, 5.74) is 1.09. The quantitative estimate of drug-likeness (QED) is 0.632. The van der Waals surface area contributed by atoms with Crippen LogP contribution in [-0.4, -0.2) is 33.8 Å². The van der Waals surface area contributed by atoms with E-state index in [-0.39, 0.29) is 23.9 Å². The summed E-state index contributed by atoms with van der Waals surface area (Å²) in [5.74, 6) is -1.23. The van der Waals surface area contributed by atoms with Crippen LogP contribution in [0.15, 0.2) is 30.3 Å². The highest BCUT2D eigenvalue weighted by Gasteiger charge is 2.21. The highest BCUT2D eigenvalue weighted by Crippen LogP contribution is 2.30. The number of esters is 1. The molecule has 0 fully saturated rings. The molecule has 2 aromatic heterocycles. The van der Waals surface area contributed by atoms with Crippen molar-refractivity contribution in [1.29, 1.82) is 0 Å². The number of aromatic nitrogens is 2. The van der Waals surface area contributed by atoms with Crippen molar-refractivity contribution in [1.82, 2.24) is 15.1 Å². The van der Waals surface area contributed by atoms with E-state index >= 15 is 0 Å². The number of nitrogens with one attached hydrogen (secondary N) is 1. The topological polar surface area (TPSA) is 73.2 Å². The predicted octanol–water partition coefficient (Wildman–Crippen LogP) is 4.00. The molecule has 0 saturated heterocycles. The fraction of sp³-hybridized carbons (Fsp3) is 0.350. The van der Waals surface area contributed by atoms with Crippen LogP contribution in [0.2, 0.25) is 0 Å². The normalized spacial score (nSPS) is 11.6. The summed E-state index contributed by atoms with van der Waals surface area (Å²) in [6.07, 6.45) is 0.766. The lowest BCUT2D eigenvalue weighted by Crippen LogP contribution is -2.44. The predicted molar refractivity (Wildman–Crippen MR) is 106 cm³/mol. The van der Waals surface area contributed by atoms with Crippen molar-refractivity contribution in [2.75, 3.05) is 6.61 Å². The number of benzene rings is 1. The molecule has 0 unspecified atom stereocenters. The Bertz CT molecular complexity index is 1020. The van der Waals surface area contributed by atoms with Crippen molar-refractivity contribution < 1.29 is 18.7 Å².